The average Bonchev–Trinajstić information content (AvgIpc) is 2.46. The van der Waals surface area contributed by atoms with Crippen molar-refractivity contribution in [3.63, 3.8) is 0 Å². The van der Waals surface area contributed by atoms with E-state index >= 15 is 0 Å². The molecule has 0 aliphatic carbocycles. The van der Waals surface area contributed by atoms with Gasteiger partial charge < -0.3 is 10.1 Å². The number of aryl methyl sites for hydroxylation is 2. The average molecular weight is 304 g/mol. The van der Waals surface area contributed by atoms with Crippen LogP contribution in [0, 0.1) is 13.8 Å². The SMILES string of the molecule is CNC(Cc1ccccc1Cl)c1c(C)cc(C)cc1OC. The number of hydrogen-bond acceptors (Lipinski definition) is 2. The number of methoxy groups -OCH3 is 1. The minimum absolute atomic E-state index is 0.167. The van der Waals surface area contributed by atoms with E-state index in [1.165, 1.54) is 16.7 Å². The molecular weight excluding hydrogens is 282 g/mol. The first-order valence-corrected chi connectivity index (χ1v) is 7.50. The van der Waals surface area contributed by atoms with E-state index in [1.807, 2.05) is 25.2 Å². The summed E-state index contributed by atoms with van der Waals surface area (Å²) >= 11 is 6.29. The zero-order valence-electron chi connectivity index (χ0n) is 13.0. The highest BCUT2D eigenvalue weighted by Crippen LogP contribution is 2.33. The monoisotopic (exact) mass is 303 g/mol. The van der Waals surface area contributed by atoms with Gasteiger partial charge >= 0.3 is 0 Å². The Bertz CT molecular complexity index is 625. The molecule has 0 aromatic heterocycles. The van der Waals surface area contributed by atoms with Crippen LogP contribution in [0.15, 0.2) is 36.4 Å². The largest absolute Gasteiger partial charge is 0.496 e. The quantitative estimate of drug-likeness (QED) is 0.880. The second-order valence-electron chi connectivity index (χ2n) is 5.33. The number of likely N-dealkylation sites (N-methyl/N-ethyl adjacent to an activating group) is 1. The molecule has 0 bridgehead atoms. The Balaban J connectivity index is 2.40. The van der Waals surface area contributed by atoms with Gasteiger partial charge in [-0.3, -0.25) is 0 Å². The van der Waals surface area contributed by atoms with Crippen LogP contribution in [-0.2, 0) is 6.42 Å². The van der Waals surface area contributed by atoms with Crippen molar-refractivity contribution >= 4 is 11.6 Å². The van der Waals surface area contributed by atoms with Crippen LogP contribution in [0.4, 0.5) is 0 Å². The summed E-state index contributed by atoms with van der Waals surface area (Å²) < 4.78 is 5.58. The lowest BCUT2D eigenvalue weighted by Gasteiger charge is -2.23. The van der Waals surface area contributed by atoms with E-state index in [-0.39, 0.29) is 6.04 Å². The molecule has 21 heavy (non-hydrogen) atoms. The van der Waals surface area contributed by atoms with E-state index in [0.717, 1.165) is 22.8 Å². The zero-order valence-corrected chi connectivity index (χ0v) is 13.8. The van der Waals surface area contributed by atoms with Gasteiger partial charge in [-0.05, 0) is 56.1 Å². The van der Waals surface area contributed by atoms with Crippen LogP contribution in [0.3, 0.4) is 0 Å². The molecule has 0 amide bonds. The van der Waals surface area contributed by atoms with Gasteiger partial charge in [0, 0.05) is 16.6 Å². The van der Waals surface area contributed by atoms with Crippen molar-refractivity contribution in [2.75, 3.05) is 14.2 Å². The van der Waals surface area contributed by atoms with Crippen molar-refractivity contribution < 1.29 is 4.74 Å². The van der Waals surface area contributed by atoms with Gasteiger partial charge in [-0.15, -0.1) is 0 Å². The molecule has 2 aromatic rings. The molecule has 0 heterocycles. The first-order valence-electron chi connectivity index (χ1n) is 7.12. The summed E-state index contributed by atoms with van der Waals surface area (Å²) in [4.78, 5) is 0. The van der Waals surface area contributed by atoms with Crippen molar-refractivity contribution in [1.29, 1.82) is 0 Å². The lowest BCUT2D eigenvalue weighted by atomic mass is 9.93. The van der Waals surface area contributed by atoms with Crippen molar-refractivity contribution in [1.82, 2.24) is 5.32 Å². The molecule has 0 saturated carbocycles. The normalized spacial score (nSPS) is 12.2. The topological polar surface area (TPSA) is 21.3 Å². The van der Waals surface area contributed by atoms with E-state index in [4.69, 9.17) is 16.3 Å². The molecule has 0 aliphatic rings. The lowest BCUT2D eigenvalue weighted by molar-refractivity contribution is 0.400. The van der Waals surface area contributed by atoms with E-state index in [0.29, 0.717) is 0 Å². The molecular formula is C18H22ClNO. The minimum atomic E-state index is 0.167. The van der Waals surface area contributed by atoms with Crippen LogP contribution < -0.4 is 10.1 Å². The highest BCUT2D eigenvalue weighted by atomic mass is 35.5. The van der Waals surface area contributed by atoms with E-state index in [9.17, 15) is 0 Å². The molecule has 1 N–H and O–H groups in total. The van der Waals surface area contributed by atoms with Crippen LogP contribution in [-0.4, -0.2) is 14.2 Å². The van der Waals surface area contributed by atoms with Gasteiger partial charge in [0.15, 0.2) is 0 Å². The number of benzene rings is 2. The Morgan fingerprint density at radius 3 is 2.52 bits per heavy atom. The number of rotatable bonds is 5. The molecule has 2 aromatic carbocycles. The Morgan fingerprint density at radius 2 is 1.90 bits per heavy atom. The molecule has 1 unspecified atom stereocenters. The first-order chi connectivity index (χ1) is 10.1. The van der Waals surface area contributed by atoms with Gasteiger partial charge in [-0.25, -0.2) is 0 Å². The molecule has 0 aliphatic heterocycles. The molecule has 2 nitrogen and oxygen atoms in total. The third kappa shape index (κ3) is 3.58. The van der Waals surface area contributed by atoms with Gasteiger partial charge in [0.1, 0.15) is 5.75 Å². The molecule has 0 fully saturated rings. The standard InChI is InChI=1S/C18H22ClNO/c1-12-9-13(2)18(17(10-12)21-4)16(20-3)11-14-7-5-6-8-15(14)19/h5-10,16,20H,11H2,1-4H3. The summed E-state index contributed by atoms with van der Waals surface area (Å²) in [5, 5.41) is 4.20. The summed E-state index contributed by atoms with van der Waals surface area (Å²) in [7, 11) is 3.69. The number of halogens is 1. The second kappa shape index (κ2) is 6.97. The summed E-state index contributed by atoms with van der Waals surface area (Å²) in [5.74, 6) is 0.930. The minimum Gasteiger partial charge on any atom is -0.496 e. The summed E-state index contributed by atoms with van der Waals surface area (Å²) in [5.41, 5.74) is 4.78. The Morgan fingerprint density at radius 1 is 1.19 bits per heavy atom. The second-order valence-corrected chi connectivity index (χ2v) is 5.74. The molecule has 2 rings (SSSR count). The fourth-order valence-corrected chi connectivity index (χ4v) is 3.00. The maximum absolute atomic E-state index is 6.29. The lowest BCUT2D eigenvalue weighted by Crippen LogP contribution is -2.21. The van der Waals surface area contributed by atoms with Crippen molar-refractivity contribution in [2.45, 2.75) is 26.3 Å². The van der Waals surface area contributed by atoms with Gasteiger partial charge in [-0.1, -0.05) is 35.9 Å². The molecule has 1 atom stereocenters. The Hall–Kier alpha value is -1.51. The van der Waals surface area contributed by atoms with Gasteiger partial charge in [0.05, 0.1) is 7.11 Å². The maximum atomic E-state index is 6.29. The first kappa shape index (κ1) is 15.9. The maximum Gasteiger partial charge on any atom is 0.124 e. The third-order valence-corrected chi connectivity index (χ3v) is 4.16. The highest BCUT2D eigenvalue weighted by Gasteiger charge is 2.19. The molecule has 0 spiro atoms. The fraction of sp³-hybridized carbons (Fsp3) is 0.333. The fourth-order valence-electron chi connectivity index (χ4n) is 2.79. The van der Waals surface area contributed by atoms with E-state index in [1.54, 1.807) is 7.11 Å². The zero-order chi connectivity index (χ0) is 15.4. The van der Waals surface area contributed by atoms with E-state index in [2.05, 4.69) is 37.4 Å². The smallest absolute Gasteiger partial charge is 0.124 e. The van der Waals surface area contributed by atoms with Gasteiger partial charge in [0.25, 0.3) is 0 Å². The highest BCUT2D eigenvalue weighted by molar-refractivity contribution is 6.31. The van der Waals surface area contributed by atoms with Crippen molar-refractivity contribution in [2.24, 2.45) is 0 Å². The Labute approximate surface area is 132 Å². The van der Waals surface area contributed by atoms with Crippen molar-refractivity contribution in [3.05, 3.63) is 63.7 Å². The van der Waals surface area contributed by atoms with E-state index < -0.39 is 0 Å². The van der Waals surface area contributed by atoms with Crippen LogP contribution in [0.5, 0.6) is 5.75 Å². The van der Waals surface area contributed by atoms with Crippen LogP contribution >= 0.6 is 11.6 Å². The van der Waals surface area contributed by atoms with Crippen molar-refractivity contribution in [3.8, 4) is 5.75 Å². The predicted octanol–water partition coefficient (Wildman–Crippen LogP) is 4.47. The number of nitrogens with one attached hydrogen (secondary N) is 1. The summed E-state index contributed by atoms with van der Waals surface area (Å²) in [6.07, 6.45) is 0.830. The molecule has 0 radical (unpaired) electrons. The van der Waals surface area contributed by atoms with Crippen LogP contribution in [0.2, 0.25) is 5.02 Å². The molecule has 0 saturated heterocycles. The molecule has 112 valence electrons. The number of ether oxygens (including phenoxy) is 1. The summed E-state index contributed by atoms with van der Waals surface area (Å²) in [6, 6.07) is 12.4. The van der Waals surface area contributed by atoms with Gasteiger partial charge in [-0.2, -0.15) is 0 Å². The van der Waals surface area contributed by atoms with Crippen LogP contribution in [0.25, 0.3) is 0 Å². The number of hydrogen-bond donors (Lipinski definition) is 1. The molecule has 3 heteroatoms. The predicted molar refractivity (Wildman–Crippen MR) is 89.4 cm³/mol. The van der Waals surface area contributed by atoms with Gasteiger partial charge in [0.2, 0.25) is 0 Å². The summed E-state index contributed by atoms with van der Waals surface area (Å²) in [6.45, 7) is 4.21. The van der Waals surface area contributed by atoms with Crippen LogP contribution in [0.1, 0.15) is 28.3 Å². The Kier molecular flexibility index (Phi) is 5.27. The third-order valence-electron chi connectivity index (χ3n) is 3.79.